The monoisotopic (exact) mass is 379 g/mol. The van der Waals surface area contributed by atoms with E-state index >= 15 is 0 Å². The number of carbonyl (C=O) groups is 1. The lowest BCUT2D eigenvalue weighted by Crippen LogP contribution is -2.32. The van der Waals surface area contributed by atoms with E-state index in [1.807, 2.05) is 11.9 Å². The molecule has 0 saturated carbocycles. The number of benzene rings is 1. The van der Waals surface area contributed by atoms with Crippen molar-refractivity contribution in [2.24, 2.45) is 0 Å². The van der Waals surface area contributed by atoms with Gasteiger partial charge in [-0.1, -0.05) is 11.6 Å². The van der Waals surface area contributed by atoms with Crippen molar-refractivity contribution in [1.82, 2.24) is 4.98 Å². The fraction of sp³-hybridized carbons (Fsp3) is 0.294. The molecule has 1 unspecified atom stereocenters. The molecule has 1 aliphatic heterocycles. The van der Waals surface area contributed by atoms with E-state index in [0.717, 1.165) is 0 Å². The molecule has 6 nitrogen and oxygen atoms in total. The van der Waals surface area contributed by atoms with Crippen molar-refractivity contribution >= 4 is 38.7 Å². The number of aromatic nitrogens is 1. The molecule has 1 aromatic carbocycles. The summed E-state index contributed by atoms with van der Waals surface area (Å²) in [5, 5.41) is 3.37. The summed E-state index contributed by atoms with van der Waals surface area (Å²) in [5.41, 5.74) is 1.75. The van der Waals surface area contributed by atoms with E-state index in [1.54, 1.807) is 36.5 Å². The van der Waals surface area contributed by atoms with Gasteiger partial charge in [-0.05, 0) is 36.8 Å². The summed E-state index contributed by atoms with van der Waals surface area (Å²) in [4.78, 5) is 18.4. The summed E-state index contributed by atoms with van der Waals surface area (Å²) in [6, 6.07) is 8.44. The first-order valence-electron chi connectivity index (χ1n) is 7.79. The number of halogens is 1. The molecule has 1 fully saturated rings. The van der Waals surface area contributed by atoms with Crippen molar-refractivity contribution in [2.45, 2.75) is 12.5 Å². The van der Waals surface area contributed by atoms with Gasteiger partial charge in [0.25, 0.3) is 5.91 Å². The Bertz CT molecular complexity index is 884. The number of hydrogen-bond donors (Lipinski definition) is 1. The Balaban J connectivity index is 1.74. The van der Waals surface area contributed by atoms with E-state index in [-0.39, 0.29) is 23.5 Å². The summed E-state index contributed by atoms with van der Waals surface area (Å²) in [6.07, 6.45) is 3.69. The maximum Gasteiger partial charge on any atom is 0.257 e. The van der Waals surface area contributed by atoms with Crippen molar-refractivity contribution in [3.05, 3.63) is 53.3 Å². The van der Waals surface area contributed by atoms with Crippen LogP contribution in [0.1, 0.15) is 16.8 Å². The lowest BCUT2D eigenvalue weighted by atomic mass is 10.2. The summed E-state index contributed by atoms with van der Waals surface area (Å²) in [7, 11) is -1.15. The van der Waals surface area contributed by atoms with Gasteiger partial charge in [-0.25, -0.2) is 8.42 Å². The number of pyridine rings is 1. The third-order valence-corrected chi connectivity index (χ3v) is 6.25. The number of carbonyl (C=O) groups excluding carboxylic acids is 1. The highest BCUT2D eigenvalue weighted by molar-refractivity contribution is 7.91. The van der Waals surface area contributed by atoms with E-state index < -0.39 is 9.84 Å². The Kier molecular flexibility index (Phi) is 4.96. The normalized spacial score (nSPS) is 18.7. The molecule has 132 valence electrons. The third-order valence-electron chi connectivity index (χ3n) is 4.25. The number of hydrogen-bond acceptors (Lipinski definition) is 5. The molecule has 0 radical (unpaired) electrons. The fourth-order valence-electron chi connectivity index (χ4n) is 2.77. The van der Waals surface area contributed by atoms with Crippen LogP contribution in [0.5, 0.6) is 0 Å². The van der Waals surface area contributed by atoms with Gasteiger partial charge in [0.2, 0.25) is 0 Å². The van der Waals surface area contributed by atoms with Crippen LogP contribution < -0.4 is 10.2 Å². The average molecular weight is 380 g/mol. The van der Waals surface area contributed by atoms with Crippen LogP contribution in [0.4, 0.5) is 11.4 Å². The van der Waals surface area contributed by atoms with Gasteiger partial charge in [0, 0.05) is 30.0 Å². The largest absolute Gasteiger partial charge is 0.369 e. The lowest BCUT2D eigenvalue weighted by molar-refractivity contribution is 0.102. The predicted molar refractivity (Wildman–Crippen MR) is 99.1 cm³/mol. The molecule has 1 aliphatic rings. The first-order chi connectivity index (χ1) is 11.8. The first-order valence-corrected chi connectivity index (χ1v) is 9.99. The Morgan fingerprint density at radius 1 is 1.28 bits per heavy atom. The van der Waals surface area contributed by atoms with E-state index in [2.05, 4.69) is 10.3 Å². The van der Waals surface area contributed by atoms with Crippen molar-refractivity contribution in [2.75, 3.05) is 28.8 Å². The molecule has 3 rings (SSSR count). The van der Waals surface area contributed by atoms with Crippen LogP contribution in [-0.2, 0) is 9.84 Å². The maximum absolute atomic E-state index is 12.4. The van der Waals surface area contributed by atoms with Crippen molar-refractivity contribution in [3.8, 4) is 0 Å². The van der Waals surface area contributed by atoms with Gasteiger partial charge in [0.15, 0.2) is 9.84 Å². The standard InChI is InChI=1S/C17H18ClN3O3S/c1-21(15-6-7-25(23,24)11-15)16-8-12(9-19-10-16)17(22)20-14-4-2-13(18)3-5-14/h2-5,8-10,15H,6-7,11H2,1H3,(H,20,22). The molecule has 1 aromatic heterocycles. The highest BCUT2D eigenvalue weighted by Crippen LogP contribution is 2.23. The van der Waals surface area contributed by atoms with Crippen LogP contribution in [-0.4, -0.2) is 43.9 Å². The second kappa shape index (κ2) is 7.01. The summed E-state index contributed by atoms with van der Waals surface area (Å²) in [5.74, 6) is 0.0424. The fourth-order valence-corrected chi connectivity index (χ4v) is 4.67. The molecule has 2 aromatic rings. The quantitative estimate of drug-likeness (QED) is 0.883. The lowest BCUT2D eigenvalue weighted by Gasteiger charge is -2.25. The zero-order valence-electron chi connectivity index (χ0n) is 13.6. The smallest absolute Gasteiger partial charge is 0.257 e. The number of nitrogens with zero attached hydrogens (tertiary/aromatic N) is 2. The van der Waals surface area contributed by atoms with E-state index in [4.69, 9.17) is 11.6 Å². The summed E-state index contributed by atoms with van der Waals surface area (Å²) in [6.45, 7) is 0. The van der Waals surface area contributed by atoms with Crippen LogP contribution in [0.15, 0.2) is 42.7 Å². The molecular formula is C17H18ClN3O3S. The minimum Gasteiger partial charge on any atom is -0.369 e. The van der Waals surface area contributed by atoms with Crippen molar-refractivity contribution in [3.63, 3.8) is 0 Å². The molecule has 25 heavy (non-hydrogen) atoms. The molecule has 8 heteroatoms. The van der Waals surface area contributed by atoms with Gasteiger partial charge < -0.3 is 10.2 Å². The molecule has 1 saturated heterocycles. The Morgan fingerprint density at radius 2 is 2.00 bits per heavy atom. The van der Waals surface area contributed by atoms with Crippen molar-refractivity contribution in [1.29, 1.82) is 0 Å². The van der Waals surface area contributed by atoms with Crippen LogP contribution in [0.2, 0.25) is 5.02 Å². The summed E-state index contributed by atoms with van der Waals surface area (Å²) >= 11 is 5.83. The number of amides is 1. The second-order valence-electron chi connectivity index (χ2n) is 6.06. The van der Waals surface area contributed by atoms with Gasteiger partial charge in [-0.3, -0.25) is 9.78 Å². The van der Waals surface area contributed by atoms with Crippen LogP contribution in [0.3, 0.4) is 0 Å². The van der Waals surface area contributed by atoms with E-state index in [9.17, 15) is 13.2 Å². The van der Waals surface area contributed by atoms with E-state index in [1.165, 1.54) is 6.20 Å². The molecule has 0 spiro atoms. The SMILES string of the molecule is CN(c1cncc(C(=O)Nc2ccc(Cl)cc2)c1)C1CCS(=O)(=O)C1. The number of rotatable bonds is 4. The van der Waals surface area contributed by atoms with Gasteiger partial charge in [-0.15, -0.1) is 0 Å². The van der Waals surface area contributed by atoms with Crippen LogP contribution >= 0.6 is 11.6 Å². The Hall–Kier alpha value is -2.12. The molecule has 2 heterocycles. The highest BCUT2D eigenvalue weighted by atomic mass is 35.5. The zero-order valence-corrected chi connectivity index (χ0v) is 15.2. The Morgan fingerprint density at radius 3 is 2.64 bits per heavy atom. The van der Waals surface area contributed by atoms with E-state index in [0.29, 0.717) is 28.4 Å². The van der Waals surface area contributed by atoms with Crippen LogP contribution in [0, 0.1) is 0 Å². The highest BCUT2D eigenvalue weighted by Gasteiger charge is 2.31. The topological polar surface area (TPSA) is 79.4 Å². The molecule has 1 N–H and O–H groups in total. The predicted octanol–water partition coefficient (Wildman–Crippen LogP) is 2.61. The molecule has 0 aliphatic carbocycles. The number of anilines is 2. The molecule has 1 amide bonds. The average Bonchev–Trinajstić information content (AvgIpc) is 2.96. The van der Waals surface area contributed by atoms with Gasteiger partial charge in [-0.2, -0.15) is 0 Å². The minimum absolute atomic E-state index is 0.0959. The number of nitrogens with one attached hydrogen (secondary N) is 1. The zero-order chi connectivity index (χ0) is 18.0. The van der Waals surface area contributed by atoms with Gasteiger partial charge in [0.05, 0.1) is 29.0 Å². The summed E-state index contributed by atoms with van der Waals surface area (Å²) < 4.78 is 23.3. The van der Waals surface area contributed by atoms with Gasteiger partial charge in [0.1, 0.15) is 0 Å². The maximum atomic E-state index is 12.4. The molecule has 1 atom stereocenters. The third kappa shape index (κ3) is 4.29. The molecular weight excluding hydrogens is 362 g/mol. The second-order valence-corrected chi connectivity index (χ2v) is 8.73. The number of sulfone groups is 1. The Labute approximate surface area is 151 Å². The molecule has 0 bridgehead atoms. The minimum atomic E-state index is -2.97. The van der Waals surface area contributed by atoms with Gasteiger partial charge >= 0.3 is 0 Å². The van der Waals surface area contributed by atoms with Crippen molar-refractivity contribution < 1.29 is 13.2 Å². The first kappa shape index (κ1) is 17.7. The van der Waals surface area contributed by atoms with Crippen LogP contribution in [0.25, 0.3) is 0 Å².